The average Bonchev–Trinajstić information content (AvgIpc) is 1.83. The quantitative estimate of drug-likeness (QED) is 0.653. The van der Waals surface area contributed by atoms with E-state index >= 15 is 0 Å². The van der Waals surface area contributed by atoms with Crippen molar-refractivity contribution in [3.05, 3.63) is 23.2 Å². The van der Waals surface area contributed by atoms with Crippen molar-refractivity contribution in [1.29, 1.82) is 0 Å². The highest BCUT2D eigenvalue weighted by molar-refractivity contribution is 6.35. The number of halogens is 3. The fourth-order valence-corrected chi connectivity index (χ4v) is 0.694. The molecule has 11 heavy (non-hydrogen) atoms. The molecule has 0 amide bonds. The lowest BCUT2D eigenvalue weighted by Crippen LogP contribution is -1.90. The topological polar surface area (TPSA) is 52.0 Å². The van der Waals surface area contributed by atoms with Gasteiger partial charge in [-0.3, -0.25) is 0 Å². The van der Waals surface area contributed by atoms with E-state index in [1.165, 1.54) is 0 Å². The molecule has 0 aliphatic carbocycles. The molecule has 0 spiro atoms. The molecule has 0 saturated carbocycles. The van der Waals surface area contributed by atoms with Gasteiger partial charge in [-0.25, -0.2) is 0 Å². The molecule has 1 aromatic carbocycles. The van der Waals surface area contributed by atoms with Crippen molar-refractivity contribution in [3.8, 4) is 0 Å². The van der Waals surface area contributed by atoms with Crippen molar-refractivity contribution in [2.45, 2.75) is 0 Å². The van der Waals surface area contributed by atoms with Crippen molar-refractivity contribution in [3.63, 3.8) is 0 Å². The van der Waals surface area contributed by atoms with E-state index in [0.717, 1.165) is 0 Å². The Kier molecular flexibility index (Phi) is 6.47. The monoisotopic (exact) mass is 214 g/mol. The van der Waals surface area contributed by atoms with Gasteiger partial charge < -0.3 is 11.5 Å². The average molecular weight is 216 g/mol. The van der Waals surface area contributed by atoms with Crippen LogP contribution in [-0.4, -0.2) is 0 Å². The van der Waals surface area contributed by atoms with Crippen LogP contribution in [0.2, 0.25) is 5.02 Å². The zero-order chi connectivity index (χ0) is 6.85. The van der Waals surface area contributed by atoms with Crippen LogP contribution in [0.4, 0.5) is 11.4 Å². The molecule has 0 heterocycles. The van der Waals surface area contributed by atoms with Crippen molar-refractivity contribution in [1.82, 2.24) is 0 Å². The van der Waals surface area contributed by atoms with Gasteiger partial charge in [0.15, 0.2) is 0 Å². The highest BCUT2D eigenvalue weighted by Gasteiger charge is 1.96. The Morgan fingerprint density at radius 3 is 1.64 bits per heavy atom. The van der Waals surface area contributed by atoms with Gasteiger partial charge in [-0.2, -0.15) is 0 Å². The summed E-state index contributed by atoms with van der Waals surface area (Å²) in [5.41, 5.74) is 11.9. The summed E-state index contributed by atoms with van der Waals surface area (Å²) in [7, 11) is 0. The zero-order valence-electron chi connectivity index (χ0n) is 5.58. The molecule has 0 aliphatic rings. The van der Waals surface area contributed by atoms with Gasteiger partial charge in [-0.05, 0) is 12.1 Å². The summed E-state index contributed by atoms with van der Waals surface area (Å²) in [5, 5.41) is 0.442. The summed E-state index contributed by atoms with van der Waals surface area (Å²) in [4.78, 5) is 0. The number of benzene rings is 1. The van der Waals surface area contributed by atoms with Gasteiger partial charge in [0, 0.05) is 0 Å². The summed E-state index contributed by atoms with van der Waals surface area (Å²) in [6.45, 7) is 0. The fourth-order valence-electron chi connectivity index (χ4n) is 0.568. The first-order valence-corrected chi connectivity index (χ1v) is 2.89. The SMILES string of the molecule is Cl.Cl.Nc1cccc(N)c1Cl. The van der Waals surface area contributed by atoms with Crippen LogP contribution >= 0.6 is 36.4 Å². The largest absolute Gasteiger partial charge is 0.397 e. The van der Waals surface area contributed by atoms with E-state index < -0.39 is 0 Å². The molecule has 0 unspecified atom stereocenters. The Morgan fingerprint density at radius 1 is 1.00 bits per heavy atom. The maximum Gasteiger partial charge on any atom is 0.0864 e. The van der Waals surface area contributed by atoms with Crippen LogP contribution in [-0.2, 0) is 0 Å². The summed E-state index contributed by atoms with van der Waals surface area (Å²) in [5.74, 6) is 0. The number of hydrogen-bond donors (Lipinski definition) is 2. The minimum Gasteiger partial charge on any atom is -0.397 e. The number of rotatable bonds is 0. The molecule has 2 nitrogen and oxygen atoms in total. The van der Waals surface area contributed by atoms with Crippen LogP contribution in [0.25, 0.3) is 0 Å². The van der Waals surface area contributed by atoms with Crippen molar-refractivity contribution in [2.24, 2.45) is 0 Å². The molecule has 64 valence electrons. The maximum absolute atomic E-state index is 5.63. The molecule has 0 fully saturated rings. The van der Waals surface area contributed by atoms with E-state index in [-0.39, 0.29) is 24.8 Å². The van der Waals surface area contributed by atoms with E-state index in [2.05, 4.69) is 0 Å². The number of anilines is 2. The van der Waals surface area contributed by atoms with E-state index in [4.69, 9.17) is 23.1 Å². The van der Waals surface area contributed by atoms with Crippen molar-refractivity contribution >= 4 is 47.8 Å². The van der Waals surface area contributed by atoms with Gasteiger partial charge in [-0.15, -0.1) is 24.8 Å². The highest BCUT2D eigenvalue weighted by Crippen LogP contribution is 2.24. The fraction of sp³-hybridized carbons (Fsp3) is 0. The Morgan fingerprint density at radius 2 is 1.36 bits per heavy atom. The Bertz CT molecular complexity index is 207. The zero-order valence-corrected chi connectivity index (χ0v) is 7.97. The summed E-state index contributed by atoms with van der Waals surface area (Å²) in [6, 6.07) is 5.17. The molecular weight excluding hydrogens is 206 g/mol. The van der Waals surface area contributed by atoms with E-state index in [1.807, 2.05) is 0 Å². The number of hydrogen-bond acceptors (Lipinski definition) is 2. The van der Waals surface area contributed by atoms with Crippen LogP contribution in [0.5, 0.6) is 0 Å². The standard InChI is InChI=1S/C6H7ClN2.2ClH/c7-6-4(8)2-1-3-5(6)9;;/h1-3H,8-9H2;2*1H. The van der Waals surface area contributed by atoms with Gasteiger partial charge >= 0.3 is 0 Å². The van der Waals surface area contributed by atoms with E-state index in [1.54, 1.807) is 18.2 Å². The van der Waals surface area contributed by atoms with Crippen LogP contribution in [0.1, 0.15) is 0 Å². The lowest BCUT2D eigenvalue weighted by molar-refractivity contribution is 1.66. The molecule has 0 saturated heterocycles. The Balaban J connectivity index is 0. The van der Waals surface area contributed by atoms with Gasteiger partial charge in [0.2, 0.25) is 0 Å². The van der Waals surface area contributed by atoms with Gasteiger partial charge in [-0.1, -0.05) is 17.7 Å². The first kappa shape index (κ1) is 13.3. The number of nitrogen functional groups attached to an aromatic ring is 2. The second-order valence-corrected chi connectivity index (χ2v) is 2.13. The highest BCUT2D eigenvalue weighted by atomic mass is 35.5. The summed E-state index contributed by atoms with van der Waals surface area (Å²) in [6.07, 6.45) is 0. The van der Waals surface area contributed by atoms with Gasteiger partial charge in [0.05, 0.1) is 16.4 Å². The predicted octanol–water partition coefficient (Wildman–Crippen LogP) is 2.35. The lowest BCUT2D eigenvalue weighted by atomic mass is 10.3. The second kappa shape index (κ2) is 5.35. The lowest BCUT2D eigenvalue weighted by Gasteiger charge is -1.98. The number of nitrogens with two attached hydrogens (primary N) is 2. The summed E-state index contributed by atoms with van der Waals surface area (Å²) >= 11 is 5.63. The van der Waals surface area contributed by atoms with Gasteiger partial charge in [0.25, 0.3) is 0 Å². The molecule has 4 N–H and O–H groups in total. The smallest absolute Gasteiger partial charge is 0.0864 e. The molecule has 5 heteroatoms. The molecule has 0 aliphatic heterocycles. The Labute approximate surface area is 82.7 Å². The summed E-state index contributed by atoms with van der Waals surface area (Å²) < 4.78 is 0. The van der Waals surface area contributed by atoms with Gasteiger partial charge in [0.1, 0.15) is 0 Å². The maximum atomic E-state index is 5.63. The molecule has 0 radical (unpaired) electrons. The molecule has 1 aromatic rings. The first-order chi connectivity index (χ1) is 4.22. The van der Waals surface area contributed by atoms with E-state index in [0.29, 0.717) is 16.4 Å². The first-order valence-electron chi connectivity index (χ1n) is 2.51. The minimum atomic E-state index is 0. The molecule has 0 bridgehead atoms. The predicted molar refractivity (Wildman–Crippen MR) is 54.8 cm³/mol. The molecular formula is C6H9Cl3N2. The van der Waals surface area contributed by atoms with Crippen LogP contribution in [0.3, 0.4) is 0 Å². The minimum absolute atomic E-state index is 0. The normalized spacial score (nSPS) is 7.73. The van der Waals surface area contributed by atoms with Crippen molar-refractivity contribution in [2.75, 3.05) is 11.5 Å². The van der Waals surface area contributed by atoms with Crippen LogP contribution in [0.15, 0.2) is 18.2 Å². The Hall–Kier alpha value is -0.310. The second-order valence-electron chi connectivity index (χ2n) is 1.75. The molecule has 1 rings (SSSR count). The molecule has 0 aromatic heterocycles. The van der Waals surface area contributed by atoms with Crippen LogP contribution in [0, 0.1) is 0 Å². The van der Waals surface area contributed by atoms with Crippen molar-refractivity contribution < 1.29 is 0 Å². The van der Waals surface area contributed by atoms with E-state index in [9.17, 15) is 0 Å². The third kappa shape index (κ3) is 3.06. The third-order valence-electron chi connectivity index (χ3n) is 1.06. The third-order valence-corrected chi connectivity index (χ3v) is 1.49. The molecule has 0 atom stereocenters. The van der Waals surface area contributed by atoms with Crippen LogP contribution < -0.4 is 11.5 Å².